The zero-order valence-electron chi connectivity index (χ0n) is 17.9. The fourth-order valence-electron chi connectivity index (χ4n) is 3.28. The van der Waals surface area contributed by atoms with E-state index in [4.69, 9.17) is 10.5 Å². The summed E-state index contributed by atoms with van der Waals surface area (Å²) in [4.78, 5) is 11.3. The van der Waals surface area contributed by atoms with Gasteiger partial charge in [0, 0.05) is 12.1 Å². The van der Waals surface area contributed by atoms with Crippen LogP contribution in [0.25, 0.3) is 0 Å². The second kappa shape index (κ2) is 10.9. The average Bonchev–Trinajstić information content (AvgIpc) is 2.81. The molecule has 0 saturated carbocycles. The molecular weight excluding hydrogens is 430 g/mol. The van der Waals surface area contributed by atoms with E-state index in [1.165, 1.54) is 30.3 Å². The Bertz CT molecular complexity index is 1080. The number of amides is 1. The van der Waals surface area contributed by atoms with Crippen LogP contribution in [-0.4, -0.2) is 35.8 Å². The second-order valence-corrected chi connectivity index (χ2v) is 7.62. The SMILES string of the molecule is NC(=O)c1cc([C@@H](O)CNCCc2cccc(OCC(F)(F)c3ccccc3)c2)ccc1O. The molecule has 0 heterocycles. The number of phenols is 1. The van der Waals surface area contributed by atoms with Crippen LogP contribution < -0.4 is 15.8 Å². The number of ether oxygens (including phenoxy) is 1. The fraction of sp³-hybridized carbons (Fsp3) is 0.240. The van der Waals surface area contributed by atoms with Crippen LogP contribution in [0.4, 0.5) is 8.78 Å². The minimum absolute atomic E-state index is 0.0544. The van der Waals surface area contributed by atoms with Gasteiger partial charge in [0.2, 0.25) is 0 Å². The summed E-state index contributed by atoms with van der Waals surface area (Å²) < 4.78 is 33.9. The zero-order chi connectivity index (χ0) is 23.8. The highest BCUT2D eigenvalue weighted by molar-refractivity contribution is 5.95. The Kier molecular flexibility index (Phi) is 7.97. The Morgan fingerprint density at radius 2 is 1.82 bits per heavy atom. The topological polar surface area (TPSA) is 105 Å². The van der Waals surface area contributed by atoms with Gasteiger partial charge >= 0.3 is 5.92 Å². The number of benzene rings is 3. The van der Waals surface area contributed by atoms with E-state index in [9.17, 15) is 23.8 Å². The number of halogens is 2. The lowest BCUT2D eigenvalue weighted by Crippen LogP contribution is -2.24. The van der Waals surface area contributed by atoms with Crippen LogP contribution in [0, 0.1) is 0 Å². The monoisotopic (exact) mass is 456 g/mol. The van der Waals surface area contributed by atoms with Crippen LogP contribution in [0.15, 0.2) is 72.8 Å². The van der Waals surface area contributed by atoms with E-state index < -0.39 is 24.5 Å². The Morgan fingerprint density at radius 1 is 1.06 bits per heavy atom. The summed E-state index contributed by atoms with van der Waals surface area (Å²) in [6.07, 6.45) is -0.320. The number of carbonyl (C=O) groups excluding carboxylic acids is 1. The molecule has 6 nitrogen and oxygen atoms in total. The first-order valence-electron chi connectivity index (χ1n) is 10.4. The Balaban J connectivity index is 1.48. The maximum absolute atomic E-state index is 14.3. The van der Waals surface area contributed by atoms with Gasteiger partial charge in [0.25, 0.3) is 5.91 Å². The third-order valence-corrected chi connectivity index (χ3v) is 5.11. The molecule has 8 heteroatoms. The molecule has 0 saturated heterocycles. The number of aliphatic hydroxyl groups is 1. The van der Waals surface area contributed by atoms with Gasteiger partial charge in [-0.25, -0.2) is 0 Å². The van der Waals surface area contributed by atoms with Gasteiger partial charge in [0.15, 0.2) is 6.61 Å². The van der Waals surface area contributed by atoms with Crippen LogP contribution in [0.1, 0.15) is 33.2 Å². The quantitative estimate of drug-likeness (QED) is 0.331. The highest BCUT2D eigenvalue weighted by atomic mass is 19.3. The van der Waals surface area contributed by atoms with Gasteiger partial charge in [-0.05, 0) is 48.4 Å². The van der Waals surface area contributed by atoms with Gasteiger partial charge in [0.05, 0.1) is 11.7 Å². The summed E-state index contributed by atoms with van der Waals surface area (Å²) in [5.41, 5.74) is 6.39. The van der Waals surface area contributed by atoms with Crippen molar-refractivity contribution in [3.05, 3.63) is 95.1 Å². The Morgan fingerprint density at radius 3 is 2.55 bits per heavy atom. The van der Waals surface area contributed by atoms with Crippen molar-refractivity contribution >= 4 is 5.91 Å². The molecule has 0 unspecified atom stereocenters. The summed E-state index contributed by atoms with van der Waals surface area (Å²) in [6.45, 7) is -0.0330. The van der Waals surface area contributed by atoms with Gasteiger partial charge in [0.1, 0.15) is 11.5 Å². The minimum Gasteiger partial charge on any atom is -0.507 e. The minimum atomic E-state index is -3.10. The van der Waals surface area contributed by atoms with E-state index in [2.05, 4.69) is 5.32 Å². The van der Waals surface area contributed by atoms with Crippen LogP contribution in [0.5, 0.6) is 11.5 Å². The first-order chi connectivity index (χ1) is 15.8. The third kappa shape index (κ3) is 6.74. The van der Waals surface area contributed by atoms with Crippen LogP contribution >= 0.6 is 0 Å². The normalized spacial score (nSPS) is 12.3. The lowest BCUT2D eigenvalue weighted by atomic mass is 10.0. The fourth-order valence-corrected chi connectivity index (χ4v) is 3.28. The van der Waals surface area contributed by atoms with Crippen LogP contribution in [-0.2, 0) is 12.3 Å². The summed E-state index contributed by atoms with van der Waals surface area (Å²) in [5.74, 6) is -3.77. The molecule has 3 aromatic carbocycles. The summed E-state index contributed by atoms with van der Waals surface area (Å²) in [6, 6.07) is 18.7. The number of alkyl halides is 2. The van der Waals surface area contributed by atoms with Crippen molar-refractivity contribution in [1.29, 1.82) is 0 Å². The molecule has 0 aliphatic rings. The predicted molar refractivity (Wildman–Crippen MR) is 120 cm³/mol. The Labute approximate surface area is 190 Å². The van der Waals surface area contributed by atoms with Gasteiger partial charge < -0.3 is 26.0 Å². The van der Waals surface area contributed by atoms with Gasteiger partial charge in [-0.3, -0.25) is 4.79 Å². The number of primary amides is 1. The zero-order valence-corrected chi connectivity index (χ0v) is 17.9. The largest absolute Gasteiger partial charge is 0.507 e. The molecule has 3 aromatic rings. The molecule has 0 fully saturated rings. The molecule has 174 valence electrons. The maximum Gasteiger partial charge on any atom is 0.306 e. The number of carbonyl (C=O) groups is 1. The lowest BCUT2D eigenvalue weighted by Gasteiger charge is -2.18. The standard InChI is InChI=1S/C25H26F2N2O4/c26-25(27,19-6-2-1-3-7-19)16-33-20-8-4-5-17(13-20)11-12-29-15-23(31)18-9-10-22(30)21(14-18)24(28)32/h1-10,13-14,23,29-31H,11-12,15-16H2,(H2,28,32)/t23-/m0/s1. The van der Waals surface area contributed by atoms with E-state index in [-0.39, 0.29) is 23.4 Å². The van der Waals surface area contributed by atoms with Crippen LogP contribution in [0.3, 0.4) is 0 Å². The number of hydrogen-bond acceptors (Lipinski definition) is 5. The van der Waals surface area contributed by atoms with Crippen molar-refractivity contribution < 1.29 is 28.5 Å². The number of aliphatic hydroxyl groups excluding tert-OH is 1. The van der Waals surface area contributed by atoms with Crippen molar-refractivity contribution in [2.24, 2.45) is 5.73 Å². The van der Waals surface area contributed by atoms with Crippen molar-refractivity contribution in [2.45, 2.75) is 18.4 Å². The summed E-state index contributed by atoms with van der Waals surface area (Å²) >= 11 is 0. The maximum atomic E-state index is 14.3. The number of hydrogen-bond donors (Lipinski definition) is 4. The van der Waals surface area contributed by atoms with Crippen LogP contribution in [0.2, 0.25) is 0 Å². The third-order valence-electron chi connectivity index (χ3n) is 5.11. The summed E-state index contributed by atoms with van der Waals surface area (Å²) in [5, 5.41) is 23.1. The number of aromatic hydroxyl groups is 1. The molecule has 0 aromatic heterocycles. The molecule has 0 aliphatic heterocycles. The van der Waals surface area contributed by atoms with Crippen molar-refractivity contribution in [3.8, 4) is 11.5 Å². The first kappa shape index (κ1) is 24.2. The van der Waals surface area contributed by atoms with E-state index in [1.807, 2.05) is 6.07 Å². The molecule has 1 atom stereocenters. The van der Waals surface area contributed by atoms with E-state index >= 15 is 0 Å². The van der Waals surface area contributed by atoms with E-state index in [0.29, 0.717) is 24.3 Å². The smallest absolute Gasteiger partial charge is 0.306 e. The second-order valence-electron chi connectivity index (χ2n) is 7.62. The van der Waals surface area contributed by atoms with Gasteiger partial charge in [-0.15, -0.1) is 0 Å². The Hall–Kier alpha value is -3.49. The molecule has 33 heavy (non-hydrogen) atoms. The molecule has 0 radical (unpaired) electrons. The number of nitrogens with one attached hydrogen (secondary N) is 1. The number of nitrogens with two attached hydrogens (primary N) is 1. The van der Waals surface area contributed by atoms with E-state index in [0.717, 1.165) is 5.56 Å². The first-order valence-corrected chi connectivity index (χ1v) is 10.4. The lowest BCUT2D eigenvalue weighted by molar-refractivity contribution is -0.0467. The number of rotatable bonds is 11. The van der Waals surface area contributed by atoms with Crippen molar-refractivity contribution in [3.63, 3.8) is 0 Å². The summed E-state index contributed by atoms with van der Waals surface area (Å²) in [7, 11) is 0. The molecule has 5 N–H and O–H groups in total. The molecule has 0 spiro atoms. The van der Waals surface area contributed by atoms with Crippen molar-refractivity contribution in [1.82, 2.24) is 5.32 Å². The molecule has 3 rings (SSSR count). The van der Waals surface area contributed by atoms with Gasteiger partial charge in [-0.2, -0.15) is 8.78 Å². The van der Waals surface area contributed by atoms with Crippen molar-refractivity contribution in [2.75, 3.05) is 19.7 Å². The highest BCUT2D eigenvalue weighted by Gasteiger charge is 2.32. The highest BCUT2D eigenvalue weighted by Crippen LogP contribution is 2.29. The average molecular weight is 456 g/mol. The van der Waals surface area contributed by atoms with Gasteiger partial charge in [-0.1, -0.05) is 48.5 Å². The van der Waals surface area contributed by atoms with E-state index in [1.54, 1.807) is 36.4 Å². The molecular formula is C25H26F2N2O4. The molecule has 0 aliphatic carbocycles. The molecule has 0 bridgehead atoms. The predicted octanol–water partition coefficient (Wildman–Crippen LogP) is 3.53. The molecule has 1 amide bonds.